The van der Waals surface area contributed by atoms with Crippen molar-refractivity contribution >= 4 is 17.7 Å². The van der Waals surface area contributed by atoms with Gasteiger partial charge in [0.05, 0.1) is 6.61 Å². The molecule has 0 aliphatic heterocycles. The third-order valence-electron chi connectivity index (χ3n) is 2.82. The zero-order chi connectivity index (χ0) is 15.5. The van der Waals surface area contributed by atoms with E-state index in [0.29, 0.717) is 26.1 Å². The van der Waals surface area contributed by atoms with Gasteiger partial charge in [-0.2, -0.15) is 0 Å². The van der Waals surface area contributed by atoms with E-state index in [0.717, 1.165) is 10.5 Å². The maximum atomic E-state index is 12.0. The van der Waals surface area contributed by atoms with Crippen LogP contribution in [-0.4, -0.2) is 31.9 Å². The van der Waals surface area contributed by atoms with Crippen LogP contribution in [0.4, 0.5) is 0 Å². The lowest BCUT2D eigenvalue weighted by atomic mass is 10.1. The van der Waals surface area contributed by atoms with E-state index in [1.54, 1.807) is 18.7 Å². The Kier molecular flexibility index (Phi) is 8.35. The number of rotatable bonds is 9. The van der Waals surface area contributed by atoms with Crippen molar-refractivity contribution in [2.75, 3.05) is 26.0 Å². The van der Waals surface area contributed by atoms with Crippen LogP contribution in [0.2, 0.25) is 0 Å². The van der Waals surface area contributed by atoms with Crippen LogP contribution >= 0.6 is 11.8 Å². The quantitative estimate of drug-likeness (QED) is 0.189. The van der Waals surface area contributed by atoms with Crippen LogP contribution in [0.15, 0.2) is 34.3 Å². The fourth-order valence-corrected chi connectivity index (χ4v) is 2.21. The fraction of sp³-hybridized carbons (Fsp3) is 0.500. The van der Waals surface area contributed by atoms with Crippen LogP contribution in [0.3, 0.4) is 0 Å². The van der Waals surface area contributed by atoms with Gasteiger partial charge in [0.1, 0.15) is 6.04 Å². The molecule has 0 aromatic heterocycles. The second kappa shape index (κ2) is 10.1. The van der Waals surface area contributed by atoms with Gasteiger partial charge in [0.15, 0.2) is 0 Å². The molecule has 0 heterocycles. The maximum absolute atomic E-state index is 12.0. The molecule has 0 aliphatic rings. The normalized spacial score (nSPS) is 11.5. The minimum Gasteiger partial charge on any atom is -0.465 e. The standard InChI is InChI=1S/C14H20N4O2S/c1-3-20-14(19)13(16-9-4-10-17-18-15)11-5-7-12(21-2)8-6-11/h5-8,13,16H,3-4,9-10H2,1-2H3. The molecule has 0 radical (unpaired) electrons. The Morgan fingerprint density at radius 1 is 1.48 bits per heavy atom. The molecule has 0 aliphatic carbocycles. The highest BCUT2D eigenvalue weighted by Crippen LogP contribution is 2.20. The summed E-state index contributed by atoms with van der Waals surface area (Å²) in [6, 6.07) is 7.32. The zero-order valence-electron chi connectivity index (χ0n) is 12.3. The first-order valence-corrected chi connectivity index (χ1v) is 8.00. The summed E-state index contributed by atoms with van der Waals surface area (Å²) in [6.07, 6.45) is 2.68. The number of esters is 1. The van der Waals surface area contributed by atoms with Crippen molar-refractivity contribution in [2.24, 2.45) is 5.11 Å². The molecule has 0 saturated carbocycles. The van der Waals surface area contributed by atoms with E-state index in [2.05, 4.69) is 15.3 Å². The number of ether oxygens (including phenoxy) is 1. The summed E-state index contributed by atoms with van der Waals surface area (Å²) in [5, 5.41) is 6.62. The number of azide groups is 1. The Balaban J connectivity index is 2.70. The Bertz CT molecular complexity index is 486. The smallest absolute Gasteiger partial charge is 0.327 e. The summed E-state index contributed by atoms with van der Waals surface area (Å²) >= 11 is 1.65. The lowest BCUT2D eigenvalue weighted by molar-refractivity contribution is -0.145. The Morgan fingerprint density at radius 2 is 2.19 bits per heavy atom. The predicted octanol–water partition coefficient (Wildman–Crippen LogP) is 3.30. The molecule has 0 spiro atoms. The van der Waals surface area contributed by atoms with Crippen molar-refractivity contribution in [2.45, 2.75) is 24.3 Å². The summed E-state index contributed by atoms with van der Waals surface area (Å²) in [4.78, 5) is 15.9. The third kappa shape index (κ3) is 6.08. The van der Waals surface area contributed by atoms with Crippen LogP contribution in [0.1, 0.15) is 24.9 Å². The molecule has 6 nitrogen and oxygen atoms in total. The molecule has 0 bridgehead atoms. The second-order valence-electron chi connectivity index (χ2n) is 4.22. The van der Waals surface area contributed by atoms with Crippen LogP contribution in [0.25, 0.3) is 10.4 Å². The molecule has 1 N–H and O–H groups in total. The number of nitrogens with one attached hydrogen (secondary N) is 1. The highest BCUT2D eigenvalue weighted by molar-refractivity contribution is 7.98. The molecule has 1 unspecified atom stereocenters. The van der Waals surface area contributed by atoms with Crippen LogP contribution in [-0.2, 0) is 9.53 Å². The Labute approximate surface area is 128 Å². The third-order valence-corrected chi connectivity index (χ3v) is 3.56. The van der Waals surface area contributed by atoms with Crippen molar-refractivity contribution in [1.82, 2.24) is 5.32 Å². The molecule has 1 rings (SSSR count). The van der Waals surface area contributed by atoms with Crippen LogP contribution in [0, 0.1) is 0 Å². The molecular formula is C14H20N4O2S. The first kappa shape index (κ1) is 17.4. The van der Waals surface area contributed by atoms with Crippen molar-refractivity contribution < 1.29 is 9.53 Å². The molecule has 1 aromatic carbocycles. The minimum absolute atomic E-state index is 0.293. The SMILES string of the molecule is CCOC(=O)C(NCCCN=[N+]=[N-])c1ccc(SC)cc1. The minimum atomic E-state index is -0.494. The lowest BCUT2D eigenvalue weighted by Gasteiger charge is -2.17. The number of hydrogen-bond acceptors (Lipinski definition) is 5. The highest BCUT2D eigenvalue weighted by Gasteiger charge is 2.20. The summed E-state index contributed by atoms with van der Waals surface area (Å²) in [5.74, 6) is -0.293. The van der Waals surface area contributed by atoms with E-state index in [1.165, 1.54) is 0 Å². The van der Waals surface area contributed by atoms with Gasteiger partial charge in [-0.3, -0.25) is 0 Å². The molecule has 0 fully saturated rings. The molecule has 21 heavy (non-hydrogen) atoms. The number of carbonyl (C=O) groups excluding carboxylic acids is 1. The molecule has 7 heteroatoms. The van der Waals surface area contributed by atoms with E-state index < -0.39 is 6.04 Å². The number of benzene rings is 1. The van der Waals surface area contributed by atoms with Crippen molar-refractivity contribution in [3.05, 3.63) is 40.3 Å². The topological polar surface area (TPSA) is 87.1 Å². The Morgan fingerprint density at radius 3 is 2.76 bits per heavy atom. The summed E-state index contributed by atoms with van der Waals surface area (Å²) in [7, 11) is 0. The van der Waals surface area contributed by atoms with E-state index in [-0.39, 0.29) is 5.97 Å². The van der Waals surface area contributed by atoms with E-state index in [4.69, 9.17) is 10.3 Å². The van der Waals surface area contributed by atoms with Gasteiger partial charge in [-0.1, -0.05) is 17.2 Å². The molecule has 1 atom stereocenters. The lowest BCUT2D eigenvalue weighted by Crippen LogP contribution is -2.31. The van der Waals surface area contributed by atoms with E-state index >= 15 is 0 Å². The predicted molar refractivity (Wildman–Crippen MR) is 84.2 cm³/mol. The number of carbonyl (C=O) groups is 1. The molecule has 0 saturated heterocycles. The highest BCUT2D eigenvalue weighted by atomic mass is 32.2. The van der Waals surface area contributed by atoms with Gasteiger partial charge in [0.2, 0.25) is 0 Å². The average Bonchev–Trinajstić information content (AvgIpc) is 2.51. The monoisotopic (exact) mass is 308 g/mol. The summed E-state index contributed by atoms with van der Waals surface area (Å²) in [5.41, 5.74) is 9.09. The summed E-state index contributed by atoms with van der Waals surface area (Å²) < 4.78 is 5.10. The van der Waals surface area contributed by atoms with Gasteiger partial charge in [-0.25, -0.2) is 4.79 Å². The van der Waals surface area contributed by atoms with E-state index in [1.807, 2.05) is 30.5 Å². The zero-order valence-corrected chi connectivity index (χ0v) is 13.1. The van der Waals surface area contributed by atoms with Gasteiger partial charge in [-0.05, 0) is 49.4 Å². The largest absolute Gasteiger partial charge is 0.465 e. The van der Waals surface area contributed by atoms with Gasteiger partial charge in [0.25, 0.3) is 0 Å². The Hall–Kier alpha value is -1.69. The van der Waals surface area contributed by atoms with Gasteiger partial charge in [-0.15, -0.1) is 11.8 Å². The van der Waals surface area contributed by atoms with Gasteiger partial charge in [0, 0.05) is 16.4 Å². The summed E-state index contributed by atoms with van der Waals surface area (Å²) in [6.45, 7) is 3.11. The first-order chi connectivity index (χ1) is 10.2. The maximum Gasteiger partial charge on any atom is 0.327 e. The first-order valence-electron chi connectivity index (χ1n) is 6.77. The van der Waals surface area contributed by atoms with Crippen molar-refractivity contribution in [1.29, 1.82) is 0 Å². The molecule has 1 aromatic rings. The van der Waals surface area contributed by atoms with Crippen LogP contribution in [0.5, 0.6) is 0 Å². The van der Waals surface area contributed by atoms with Gasteiger partial charge >= 0.3 is 5.97 Å². The molecular weight excluding hydrogens is 288 g/mol. The van der Waals surface area contributed by atoms with Crippen LogP contribution < -0.4 is 5.32 Å². The number of thioether (sulfide) groups is 1. The molecule has 0 amide bonds. The van der Waals surface area contributed by atoms with E-state index in [9.17, 15) is 4.79 Å². The molecule has 114 valence electrons. The number of nitrogens with zero attached hydrogens (tertiary/aromatic N) is 3. The van der Waals surface area contributed by atoms with Crippen molar-refractivity contribution in [3.8, 4) is 0 Å². The van der Waals surface area contributed by atoms with Gasteiger partial charge < -0.3 is 10.1 Å². The second-order valence-corrected chi connectivity index (χ2v) is 5.10. The fourth-order valence-electron chi connectivity index (χ4n) is 1.80. The van der Waals surface area contributed by atoms with Crippen molar-refractivity contribution in [3.63, 3.8) is 0 Å². The average molecular weight is 308 g/mol. The number of hydrogen-bond donors (Lipinski definition) is 1.